The normalized spacial score (nSPS) is 20.1. The zero-order chi connectivity index (χ0) is 14.5. The molecule has 1 aliphatic rings. The second-order valence-electron chi connectivity index (χ2n) is 6.73. The molecule has 0 atom stereocenters. The van der Waals surface area contributed by atoms with E-state index in [9.17, 15) is 0 Å². The maximum atomic E-state index is 5.25. The summed E-state index contributed by atoms with van der Waals surface area (Å²) in [7, 11) is 1.69. The average molecular weight is 290 g/mol. The molecule has 0 bridgehead atoms. The third kappa shape index (κ3) is 1.97. The second kappa shape index (κ2) is 4.35. The van der Waals surface area contributed by atoms with Crippen LogP contribution in [-0.2, 0) is 0 Å². The Bertz CT molecular complexity index is 631. The highest BCUT2D eigenvalue weighted by Gasteiger charge is 2.64. The van der Waals surface area contributed by atoms with Gasteiger partial charge in [-0.05, 0) is 34.9 Å². The van der Waals surface area contributed by atoms with E-state index in [1.807, 2.05) is 18.2 Å². The quantitative estimate of drug-likeness (QED) is 0.906. The highest BCUT2D eigenvalue weighted by Crippen LogP contribution is 2.68. The van der Waals surface area contributed by atoms with Crippen molar-refractivity contribution >= 4 is 26.7 Å². The van der Waals surface area contributed by atoms with Crippen LogP contribution in [0.2, 0.25) is 0 Å². The fourth-order valence-electron chi connectivity index (χ4n) is 3.14. The largest absolute Gasteiger partial charge is 0.497 e. The minimum absolute atomic E-state index is 0.417. The summed E-state index contributed by atoms with van der Waals surface area (Å²) in [6.45, 7) is 10.4. The third-order valence-electron chi connectivity index (χ3n) is 5.37. The Morgan fingerprint density at radius 3 is 2.55 bits per heavy atom. The van der Waals surface area contributed by atoms with Crippen molar-refractivity contribution in [3.63, 3.8) is 0 Å². The molecule has 20 heavy (non-hydrogen) atoms. The molecule has 1 heterocycles. The lowest BCUT2D eigenvalue weighted by Gasteiger charge is -2.04. The molecule has 4 heteroatoms. The van der Waals surface area contributed by atoms with E-state index in [1.54, 1.807) is 18.4 Å². The van der Waals surface area contributed by atoms with Crippen LogP contribution in [0.5, 0.6) is 5.75 Å². The van der Waals surface area contributed by atoms with Crippen molar-refractivity contribution in [2.24, 2.45) is 16.7 Å². The summed E-state index contributed by atoms with van der Waals surface area (Å²) in [4.78, 5) is 4.64. The van der Waals surface area contributed by atoms with E-state index in [-0.39, 0.29) is 0 Å². The lowest BCUT2D eigenvalue weighted by molar-refractivity contribution is 0.415. The second-order valence-corrected chi connectivity index (χ2v) is 7.76. The summed E-state index contributed by atoms with van der Waals surface area (Å²) < 4.78 is 6.42. The van der Waals surface area contributed by atoms with Crippen molar-refractivity contribution in [1.29, 1.82) is 0 Å². The molecule has 3 rings (SSSR count). The van der Waals surface area contributed by atoms with E-state index in [1.165, 1.54) is 4.70 Å². The van der Waals surface area contributed by atoms with Gasteiger partial charge in [-0.15, -0.1) is 0 Å². The Kier molecular flexibility index (Phi) is 2.98. The first-order valence-corrected chi connectivity index (χ1v) is 7.86. The molecule has 1 aliphatic carbocycles. The van der Waals surface area contributed by atoms with Crippen LogP contribution in [0.15, 0.2) is 18.2 Å². The number of ether oxygens (including phenoxy) is 1. The van der Waals surface area contributed by atoms with Crippen LogP contribution in [-0.4, -0.2) is 18.6 Å². The number of benzene rings is 1. The number of anilines is 1. The van der Waals surface area contributed by atoms with Crippen molar-refractivity contribution < 1.29 is 4.74 Å². The first-order valence-electron chi connectivity index (χ1n) is 7.05. The van der Waals surface area contributed by atoms with Crippen LogP contribution >= 0.6 is 11.3 Å². The first kappa shape index (κ1) is 13.7. The summed E-state index contributed by atoms with van der Waals surface area (Å²) in [5, 5.41) is 4.52. The zero-order valence-electron chi connectivity index (χ0n) is 12.8. The summed E-state index contributed by atoms with van der Waals surface area (Å²) >= 11 is 1.69. The fourth-order valence-corrected chi connectivity index (χ4v) is 4.04. The summed E-state index contributed by atoms with van der Waals surface area (Å²) in [6, 6.07) is 6.02. The van der Waals surface area contributed by atoms with Gasteiger partial charge in [0, 0.05) is 6.54 Å². The van der Waals surface area contributed by atoms with Gasteiger partial charge in [0.15, 0.2) is 5.13 Å². The molecular formula is C16H22N2OS. The smallest absolute Gasteiger partial charge is 0.183 e. The highest BCUT2D eigenvalue weighted by atomic mass is 32.1. The van der Waals surface area contributed by atoms with Crippen molar-refractivity contribution in [2.45, 2.75) is 27.7 Å². The molecule has 0 aliphatic heterocycles. The Labute approximate surface area is 124 Å². The summed E-state index contributed by atoms with van der Waals surface area (Å²) in [6.07, 6.45) is 0. The number of aromatic nitrogens is 1. The van der Waals surface area contributed by atoms with Crippen LogP contribution in [0.1, 0.15) is 27.7 Å². The predicted octanol–water partition coefficient (Wildman–Crippen LogP) is 4.40. The maximum absolute atomic E-state index is 5.25. The average Bonchev–Trinajstić information content (AvgIpc) is 2.72. The number of nitrogens with zero attached hydrogens (tertiary/aromatic N) is 1. The van der Waals surface area contributed by atoms with E-state index in [0.717, 1.165) is 22.9 Å². The van der Waals surface area contributed by atoms with Crippen LogP contribution in [0.3, 0.4) is 0 Å². The Morgan fingerprint density at radius 2 is 1.95 bits per heavy atom. The lowest BCUT2D eigenvalue weighted by atomic mass is 10.0. The number of hydrogen-bond acceptors (Lipinski definition) is 4. The molecule has 0 radical (unpaired) electrons. The maximum Gasteiger partial charge on any atom is 0.183 e. The SMILES string of the molecule is COc1ccc2nc(NCC3C(C)(C)C3(C)C)sc2c1. The monoisotopic (exact) mass is 290 g/mol. The van der Waals surface area contributed by atoms with Gasteiger partial charge < -0.3 is 10.1 Å². The third-order valence-corrected chi connectivity index (χ3v) is 6.35. The standard InChI is InChI=1S/C16H22N2OS/c1-15(2)13(16(15,3)4)9-17-14-18-11-7-6-10(19-5)8-12(11)20-14/h6-8,13H,9H2,1-5H3,(H,17,18). The zero-order valence-corrected chi connectivity index (χ0v) is 13.6. The molecule has 108 valence electrons. The molecule has 0 amide bonds. The van der Waals surface area contributed by atoms with Crippen molar-refractivity contribution in [1.82, 2.24) is 4.98 Å². The highest BCUT2D eigenvalue weighted by molar-refractivity contribution is 7.22. The van der Waals surface area contributed by atoms with E-state index < -0.39 is 0 Å². The predicted molar refractivity (Wildman–Crippen MR) is 85.7 cm³/mol. The van der Waals surface area contributed by atoms with Gasteiger partial charge in [-0.3, -0.25) is 0 Å². The minimum Gasteiger partial charge on any atom is -0.497 e. The van der Waals surface area contributed by atoms with Gasteiger partial charge in [-0.25, -0.2) is 4.98 Å². The van der Waals surface area contributed by atoms with E-state index in [2.05, 4.69) is 38.0 Å². The van der Waals surface area contributed by atoms with Crippen molar-refractivity contribution in [3.8, 4) is 5.75 Å². The minimum atomic E-state index is 0.417. The molecule has 0 saturated heterocycles. The van der Waals surface area contributed by atoms with Crippen LogP contribution in [0.4, 0.5) is 5.13 Å². The van der Waals surface area contributed by atoms with Gasteiger partial charge in [0.25, 0.3) is 0 Å². The molecule has 0 spiro atoms. The van der Waals surface area contributed by atoms with Gasteiger partial charge in [-0.2, -0.15) is 0 Å². The number of rotatable bonds is 4. The van der Waals surface area contributed by atoms with E-state index in [4.69, 9.17) is 4.74 Å². The van der Waals surface area contributed by atoms with Crippen molar-refractivity contribution in [2.75, 3.05) is 19.0 Å². The molecule has 1 aromatic carbocycles. The Balaban J connectivity index is 1.73. The van der Waals surface area contributed by atoms with Crippen molar-refractivity contribution in [3.05, 3.63) is 18.2 Å². The lowest BCUT2D eigenvalue weighted by Crippen LogP contribution is -2.07. The summed E-state index contributed by atoms with van der Waals surface area (Å²) in [5.41, 5.74) is 1.87. The van der Waals surface area contributed by atoms with Crippen LogP contribution in [0, 0.1) is 16.7 Å². The molecule has 1 saturated carbocycles. The van der Waals surface area contributed by atoms with Gasteiger partial charge in [0.05, 0.1) is 17.3 Å². The first-order chi connectivity index (χ1) is 9.36. The molecule has 1 aromatic heterocycles. The van der Waals surface area contributed by atoms with E-state index in [0.29, 0.717) is 16.7 Å². The molecule has 1 N–H and O–H groups in total. The molecular weight excluding hydrogens is 268 g/mol. The van der Waals surface area contributed by atoms with Gasteiger partial charge >= 0.3 is 0 Å². The van der Waals surface area contributed by atoms with Gasteiger partial charge in [0.2, 0.25) is 0 Å². The number of hydrogen-bond donors (Lipinski definition) is 1. The Hall–Kier alpha value is -1.29. The van der Waals surface area contributed by atoms with E-state index >= 15 is 0 Å². The topological polar surface area (TPSA) is 34.1 Å². The number of nitrogens with one attached hydrogen (secondary N) is 1. The number of fused-ring (bicyclic) bond motifs is 1. The van der Waals surface area contributed by atoms with Crippen LogP contribution < -0.4 is 10.1 Å². The molecule has 1 fully saturated rings. The van der Waals surface area contributed by atoms with Gasteiger partial charge in [0.1, 0.15) is 5.75 Å². The Morgan fingerprint density at radius 1 is 1.25 bits per heavy atom. The van der Waals surface area contributed by atoms with Crippen LogP contribution in [0.25, 0.3) is 10.2 Å². The van der Waals surface area contributed by atoms with Gasteiger partial charge in [-0.1, -0.05) is 39.0 Å². The fraction of sp³-hybridized carbons (Fsp3) is 0.562. The molecule has 2 aromatic rings. The molecule has 3 nitrogen and oxygen atoms in total. The number of thiazole rings is 1. The molecule has 0 unspecified atom stereocenters. The number of methoxy groups -OCH3 is 1. The summed E-state index contributed by atoms with van der Waals surface area (Å²) in [5.74, 6) is 1.59.